The van der Waals surface area contributed by atoms with Gasteiger partial charge >= 0.3 is 5.97 Å². The summed E-state index contributed by atoms with van der Waals surface area (Å²) in [5, 5.41) is 10.9. The fourth-order valence-electron chi connectivity index (χ4n) is 4.26. The molecule has 0 saturated heterocycles. The van der Waals surface area contributed by atoms with Crippen LogP contribution in [-0.4, -0.2) is 24.5 Å². The van der Waals surface area contributed by atoms with Gasteiger partial charge in [0, 0.05) is 27.2 Å². The predicted molar refractivity (Wildman–Crippen MR) is 157 cm³/mol. The van der Waals surface area contributed by atoms with Crippen molar-refractivity contribution in [2.24, 2.45) is 0 Å². The Labute approximate surface area is 239 Å². The summed E-state index contributed by atoms with van der Waals surface area (Å²) in [6.07, 6.45) is 1.68. The number of halogens is 2. The molecule has 11 heteroatoms. The Morgan fingerprint density at radius 2 is 1.74 bits per heavy atom. The first-order chi connectivity index (χ1) is 18.6. The molecule has 0 bridgehead atoms. The fraction of sp³-hybridized carbons (Fsp3) is 0.0714. The second kappa shape index (κ2) is 10.5. The highest BCUT2D eigenvalue weighted by molar-refractivity contribution is 7.92. The lowest BCUT2D eigenvalue weighted by Crippen LogP contribution is -2.31. The molecule has 39 heavy (non-hydrogen) atoms. The molecular weight excluding hydrogens is 577 g/mol. The van der Waals surface area contributed by atoms with E-state index >= 15 is 0 Å². The van der Waals surface area contributed by atoms with E-state index in [1.807, 2.05) is 12.1 Å². The molecule has 0 aliphatic rings. The van der Waals surface area contributed by atoms with Crippen LogP contribution in [0.5, 0.6) is 0 Å². The molecule has 0 fully saturated rings. The molecule has 3 N–H and O–H groups in total. The van der Waals surface area contributed by atoms with Gasteiger partial charge in [-0.2, -0.15) is 0 Å². The molecule has 5 aromatic rings. The van der Waals surface area contributed by atoms with Gasteiger partial charge in [-0.1, -0.05) is 41.4 Å². The number of nitrogen functional groups attached to an aromatic ring is 1. The largest absolute Gasteiger partial charge is 0.478 e. The average Bonchev–Trinajstić information content (AvgIpc) is 3.24. The van der Waals surface area contributed by atoms with E-state index < -0.39 is 16.0 Å². The number of hydrogen-bond donors (Lipinski definition) is 2. The number of benzene rings is 3. The van der Waals surface area contributed by atoms with Crippen LogP contribution in [0.25, 0.3) is 20.7 Å². The van der Waals surface area contributed by atoms with Crippen molar-refractivity contribution < 1.29 is 18.3 Å². The Balaban J connectivity index is 1.68. The van der Waals surface area contributed by atoms with E-state index in [2.05, 4.69) is 4.98 Å². The van der Waals surface area contributed by atoms with Gasteiger partial charge in [0.2, 0.25) is 0 Å². The molecule has 198 valence electrons. The maximum Gasteiger partial charge on any atom is 0.335 e. The number of nitrogens with zero attached hydrogens (tertiary/aromatic N) is 2. The van der Waals surface area contributed by atoms with Crippen molar-refractivity contribution in [3.63, 3.8) is 0 Å². The molecule has 0 aliphatic carbocycles. The minimum Gasteiger partial charge on any atom is -0.478 e. The number of aromatic carboxylic acids is 1. The number of sulfonamides is 1. The average molecular weight is 599 g/mol. The predicted octanol–water partition coefficient (Wildman–Crippen LogP) is 7.25. The normalized spacial score (nSPS) is 11.6. The molecule has 0 radical (unpaired) electrons. The molecule has 0 aliphatic heterocycles. The van der Waals surface area contributed by atoms with Crippen LogP contribution in [-0.2, 0) is 16.6 Å². The molecule has 0 spiro atoms. The number of aryl methyl sites for hydroxylation is 1. The Bertz CT molecular complexity index is 1840. The molecule has 2 heterocycles. The first kappa shape index (κ1) is 27.0. The maximum absolute atomic E-state index is 14.3. The van der Waals surface area contributed by atoms with Crippen molar-refractivity contribution in [3.8, 4) is 10.4 Å². The summed E-state index contributed by atoms with van der Waals surface area (Å²) < 4.78 is 29.7. The Morgan fingerprint density at radius 1 is 1.03 bits per heavy atom. The van der Waals surface area contributed by atoms with Crippen LogP contribution < -0.4 is 10.0 Å². The zero-order valence-corrected chi connectivity index (χ0v) is 23.6. The van der Waals surface area contributed by atoms with Gasteiger partial charge in [-0.15, -0.1) is 11.3 Å². The van der Waals surface area contributed by atoms with E-state index in [4.69, 9.17) is 28.9 Å². The van der Waals surface area contributed by atoms with Gasteiger partial charge < -0.3 is 10.8 Å². The number of aromatic nitrogens is 1. The Morgan fingerprint density at radius 3 is 2.44 bits per heavy atom. The quantitative estimate of drug-likeness (QED) is 0.204. The molecule has 0 saturated carbocycles. The highest BCUT2D eigenvalue weighted by atomic mass is 35.5. The molecule has 0 atom stereocenters. The topological polar surface area (TPSA) is 114 Å². The van der Waals surface area contributed by atoms with Gasteiger partial charge in [-0.05, 0) is 72.6 Å². The van der Waals surface area contributed by atoms with Crippen molar-refractivity contribution in [1.29, 1.82) is 0 Å². The van der Waals surface area contributed by atoms with E-state index in [-0.39, 0.29) is 32.7 Å². The van der Waals surface area contributed by atoms with Gasteiger partial charge in [0.1, 0.15) is 4.83 Å². The summed E-state index contributed by atoms with van der Waals surface area (Å²) >= 11 is 14.2. The molecule has 7 nitrogen and oxygen atoms in total. The van der Waals surface area contributed by atoms with Crippen LogP contribution in [0.15, 0.2) is 83.9 Å². The third-order valence-electron chi connectivity index (χ3n) is 6.15. The van der Waals surface area contributed by atoms with E-state index in [0.29, 0.717) is 27.3 Å². The zero-order valence-electron chi connectivity index (χ0n) is 20.4. The van der Waals surface area contributed by atoms with Crippen LogP contribution in [0.2, 0.25) is 10.0 Å². The van der Waals surface area contributed by atoms with Gasteiger partial charge in [-0.25, -0.2) is 18.2 Å². The molecule has 3 aromatic carbocycles. The van der Waals surface area contributed by atoms with Crippen molar-refractivity contribution in [2.45, 2.75) is 18.4 Å². The lowest BCUT2D eigenvalue weighted by molar-refractivity contribution is 0.0697. The van der Waals surface area contributed by atoms with Crippen LogP contribution >= 0.6 is 34.5 Å². The first-order valence-corrected chi connectivity index (χ1v) is 14.6. The smallest absolute Gasteiger partial charge is 0.335 e. The number of nitrogens with two attached hydrogens (primary N) is 1. The van der Waals surface area contributed by atoms with Crippen molar-refractivity contribution in [2.75, 3.05) is 10.0 Å². The third kappa shape index (κ3) is 5.18. The van der Waals surface area contributed by atoms with Gasteiger partial charge in [0.15, 0.2) is 0 Å². The number of carboxylic acid groups (broad SMARTS) is 1. The summed E-state index contributed by atoms with van der Waals surface area (Å²) in [5.74, 6) is -1.18. The number of pyridine rings is 1. The lowest BCUT2D eigenvalue weighted by atomic mass is 10.1. The lowest BCUT2D eigenvalue weighted by Gasteiger charge is -2.26. The van der Waals surface area contributed by atoms with Crippen LogP contribution in [0.1, 0.15) is 21.5 Å². The Kier molecular flexibility index (Phi) is 7.26. The van der Waals surface area contributed by atoms with Crippen molar-refractivity contribution >= 4 is 72.1 Å². The minimum atomic E-state index is -4.25. The van der Waals surface area contributed by atoms with E-state index in [0.717, 1.165) is 14.5 Å². The molecule has 5 rings (SSSR count). The number of thiophene rings is 1. The van der Waals surface area contributed by atoms with Crippen LogP contribution in [0.4, 0.5) is 11.4 Å². The zero-order chi connectivity index (χ0) is 27.9. The summed E-state index contributed by atoms with van der Waals surface area (Å²) in [6.45, 7) is 1.58. The number of anilines is 2. The number of carbonyl (C=O) groups is 1. The van der Waals surface area contributed by atoms with Crippen LogP contribution in [0, 0.1) is 6.92 Å². The highest BCUT2D eigenvalue weighted by Gasteiger charge is 2.28. The summed E-state index contributed by atoms with van der Waals surface area (Å²) in [7, 11) is -4.25. The summed E-state index contributed by atoms with van der Waals surface area (Å²) in [5.41, 5.74) is 8.76. The van der Waals surface area contributed by atoms with Crippen molar-refractivity contribution in [1.82, 2.24) is 4.98 Å². The van der Waals surface area contributed by atoms with Gasteiger partial charge in [0.25, 0.3) is 10.0 Å². The van der Waals surface area contributed by atoms with Gasteiger partial charge in [-0.3, -0.25) is 4.31 Å². The summed E-state index contributed by atoms with van der Waals surface area (Å²) in [4.78, 5) is 17.5. The Hall–Kier alpha value is -3.63. The summed E-state index contributed by atoms with van der Waals surface area (Å²) in [6, 6.07) is 19.3. The van der Waals surface area contributed by atoms with E-state index in [1.54, 1.807) is 49.5 Å². The van der Waals surface area contributed by atoms with E-state index in [1.165, 1.54) is 35.6 Å². The SMILES string of the molecule is Cc1cc(-c2sc3ncccc3c2N)cc(S(=O)(=O)N(Cc2c(Cl)cccc2Cl)c2cccc(C(=O)O)c2)c1. The molecule has 2 aromatic heterocycles. The standard InChI is InChI=1S/C28H21Cl2N3O4S2/c1-16-11-18(26-25(31)21-7-4-10-32-27(21)38-26)14-20(12-16)39(36,37)33(15-22-23(29)8-3-9-24(22)30)19-6-2-5-17(13-19)28(34)35/h2-14H,15,31H2,1H3,(H,34,35). The molecule has 0 unspecified atom stereocenters. The number of carboxylic acids is 1. The fourth-order valence-corrected chi connectivity index (χ4v) is 7.38. The monoisotopic (exact) mass is 597 g/mol. The number of fused-ring (bicyclic) bond motifs is 1. The number of rotatable bonds is 7. The third-order valence-corrected chi connectivity index (χ3v) is 9.79. The van der Waals surface area contributed by atoms with Gasteiger partial charge in [0.05, 0.1) is 33.3 Å². The second-order valence-electron chi connectivity index (χ2n) is 8.80. The maximum atomic E-state index is 14.3. The van der Waals surface area contributed by atoms with Crippen LogP contribution in [0.3, 0.4) is 0 Å². The van der Waals surface area contributed by atoms with Crippen molar-refractivity contribution in [3.05, 3.63) is 106 Å². The second-order valence-corrected chi connectivity index (χ2v) is 12.5. The number of hydrogen-bond acceptors (Lipinski definition) is 6. The molecular formula is C28H21Cl2N3O4S2. The minimum absolute atomic E-state index is 0.00576. The first-order valence-electron chi connectivity index (χ1n) is 11.6. The molecule has 0 amide bonds. The van der Waals surface area contributed by atoms with E-state index in [9.17, 15) is 18.3 Å². The highest BCUT2D eigenvalue weighted by Crippen LogP contribution is 2.41.